The van der Waals surface area contributed by atoms with Gasteiger partial charge in [-0.25, -0.2) is 4.79 Å². The summed E-state index contributed by atoms with van der Waals surface area (Å²) < 4.78 is 6.74. The Morgan fingerprint density at radius 1 is 1.59 bits per heavy atom. The molecule has 0 aromatic carbocycles. The van der Waals surface area contributed by atoms with Gasteiger partial charge in [-0.05, 0) is 26.8 Å². The number of alkyl carbamates (subject to hydrolysis) is 1. The number of hydrogen-bond donors (Lipinski definition) is 2. The molecule has 1 rings (SSSR count). The zero-order chi connectivity index (χ0) is 12.9. The number of aromatic nitrogens is 2. The molecule has 0 saturated heterocycles. The average molecular weight is 241 g/mol. The molecule has 0 aliphatic rings. The highest BCUT2D eigenvalue weighted by molar-refractivity contribution is 5.68. The molecule has 0 bridgehead atoms. The molecule has 0 aliphatic heterocycles. The van der Waals surface area contributed by atoms with Gasteiger partial charge in [-0.1, -0.05) is 0 Å². The smallest absolute Gasteiger partial charge is 0.408 e. The molecule has 0 saturated carbocycles. The van der Waals surface area contributed by atoms with Gasteiger partial charge in [0.15, 0.2) is 0 Å². The fraction of sp³-hybridized carbons (Fsp3) is 0.636. The van der Waals surface area contributed by atoms with E-state index in [0.717, 1.165) is 0 Å². The zero-order valence-corrected chi connectivity index (χ0v) is 10.4. The first-order valence-electron chi connectivity index (χ1n) is 5.48. The highest BCUT2D eigenvalue weighted by atomic mass is 16.6. The van der Waals surface area contributed by atoms with Crippen LogP contribution >= 0.6 is 0 Å². The Morgan fingerprint density at radius 2 is 2.29 bits per heavy atom. The molecule has 1 aromatic rings. The van der Waals surface area contributed by atoms with Crippen molar-refractivity contribution in [3.63, 3.8) is 0 Å². The average Bonchev–Trinajstić information content (AvgIpc) is 2.66. The van der Waals surface area contributed by atoms with Crippen LogP contribution in [0.1, 0.15) is 20.8 Å². The van der Waals surface area contributed by atoms with Crippen LogP contribution in [-0.4, -0.2) is 39.2 Å². The molecule has 96 valence electrons. The molecule has 1 heterocycles. The number of aliphatic hydroxyl groups is 1. The lowest BCUT2D eigenvalue weighted by Gasteiger charge is -2.22. The van der Waals surface area contributed by atoms with Crippen LogP contribution < -0.4 is 5.32 Å². The SMILES string of the molecule is CC(C)(C)OC(=O)N[C@@H](CO)Cn1cccn1. The Bertz CT molecular complexity index is 343. The van der Waals surface area contributed by atoms with Crippen molar-refractivity contribution in [1.82, 2.24) is 15.1 Å². The Balaban J connectivity index is 2.44. The molecule has 0 aliphatic carbocycles. The van der Waals surface area contributed by atoms with Crippen molar-refractivity contribution in [3.05, 3.63) is 18.5 Å². The van der Waals surface area contributed by atoms with Gasteiger partial charge < -0.3 is 15.2 Å². The molecule has 1 atom stereocenters. The summed E-state index contributed by atoms with van der Waals surface area (Å²) in [6.45, 7) is 5.60. The van der Waals surface area contributed by atoms with E-state index in [1.165, 1.54) is 0 Å². The van der Waals surface area contributed by atoms with E-state index in [1.807, 2.05) is 0 Å². The molecule has 0 spiro atoms. The van der Waals surface area contributed by atoms with Crippen molar-refractivity contribution in [2.45, 2.75) is 39.0 Å². The van der Waals surface area contributed by atoms with Crippen LogP contribution in [0.3, 0.4) is 0 Å². The van der Waals surface area contributed by atoms with E-state index < -0.39 is 17.7 Å². The number of aliphatic hydroxyl groups excluding tert-OH is 1. The first-order valence-corrected chi connectivity index (χ1v) is 5.48. The van der Waals surface area contributed by atoms with Gasteiger partial charge in [0.05, 0.1) is 19.2 Å². The second-order valence-electron chi connectivity index (χ2n) is 4.75. The van der Waals surface area contributed by atoms with Crippen LogP contribution in [0.25, 0.3) is 0 Å². The van der Waals surface area contributed by atoms with E-state index >= 15 is 0 Å². The van der Waals surface area contributed by atoms with Gasteiger partial charge >= 0.3 is 6.09 Å². The van der Waals surface area contributed by atoms with Gasteiger partial charge in [0, 0.05) is 12.4 Å². The normalized spacial score (nSPS) is 13.2. The minimum Gasteiger partial charge on any atom is -0.444 e. The lowest BCUT2D eigenvalue weighted by molar-refractivity contribution is 0.0474. The third kappa shape index (κ3) is 5.35. The predicted molar refractivity (Wildman–Crippen MR) is 62.5 cm³/mol. The summed E-state index contributed by atoms with van der Waals surface area (Å²) in [6, 6.07) is 1.37. The quantitative estimate of drug-likeness (QED) is 0.816. The van der Waals surface area contributed by atoms with Gasteiger partial charge in [-0.3, -0.25) is 4.68 Å². The molecule has 0 fully saturated rings. The van der Waals surface area contributed by atoms with Crippen molar-refractivity contribution < 1.29 is 14.6 Å². The molecule has 1 amide bonds. The van der Waals surface area contributed by atoms with Gasteiger partial charge in [-0.15, -0.1) is 0 Å². The molecule has 6 heteroatoms. The lowest BCUT2D eigenvalue weighted by atomic mass is 10.2. The van der Waals surface area contributed by atoms with Crippen LogP contribution in [0.15, 0.2) is 18.5 Å². The standard InChI is InChI=1S/C11H19N3O3/c1-11(2,3)17-10(16)13-9(8-15)7-14-6-4-5-12-14/h4-6,9,15H,7-8H2,1-3H3,(H,13,16)/t9-/m1/s1. The predicted octanol–water partition coefficient (Wildman–Crippen LogP) is 0.769. The fourth-order valence-electron chi connectivity index (χ4n) is 1.26. The Labute approximate surface area is 101 Å². The largest absolute Gasteiger partial charge is 0.444 e. The number of nitrogens with zero attached hydrogens (tertiary/aromatic N) is 2. The number of amides is 1. The van der Waals surface area contributed by atoms with Crippen LogP contribution in [0.2, 0.25) is 0 Å². The number of ether oxygens (including phenoxy) is 1. The first kappa shape index (κ1) is 13.5. The molecular weight excluding hydrogens is 222 g/mol. The summed E-state index contributed by atoms with van der Waals surface area (Å²) in [4.78, 5) is 11.5. The van der Waals surface area contributed by atoms with Gasteiger partial charge in [0.25, 0.3) is 0 Å². The minimum absolute atomic E-state index is 0.168. The Hall–Kier alpha value is -1.56. The second-order valence-corrected chi connectivity index (χ2v) is 4.75. The topological polar surface area (TPSA) is 76.4 Å². The summed E-state index contributed by atoms with van der Waals surface area (Å²) in [7, 11) is 0. The van der Waals surface area contributed by atoms with Crippen molar-refractivity contribution in [2.75, 3.05) is 6.61 Å². The van der Waals surface area contributed by atoms with Gasteiger partial charge in [0.1, 0.15) is 5.60 Å². The molecule has 1 aromatic heterocycles. The lowest BCUT2D eigenvalue weighted by Crippen LogP contribution is -2.43. The molecule has 2 N–H and O–H groups in total. The van der Waals surface area contributed by atoms with E-state index in [-0.39, 0.29) is 6.61 Å². The highest BCUT2D eigenvalue weighted by Gasteiger charge is 2.19. The van der Waals surface area contributed by atoms with E-state index in [1.54, 1.807) is 43.9 Å². The zero-order valence-electron chi connectivity index (χ0n) is 10.4. The first-order chi connectivity index (χ1) is 7.90. The molecule has 17 heavy (non-hydrogen) atoms. The summed E-state index contributed by atoms with van der Waals surface area (Å²) in [5.74, 6) is 0. The van der Waals surface area contributed by atoms with Crippen LogP contribution in [0, 0.1) is 0 Å². The monoisotopic (exact) mass is 241 g/mol. The van der Waals surface area contributed by atoms with Crippen LogP contribution in [0.5, 0.6) is 0 Å². The van der Waals surface area contributed by atoms with E-state index in [2.05, 4.69) is 10.4 Å². The minimum atomic E-state index is -0.546. The van der Waals surface area contributed by atoms with Crippen LogP contribution in [-0.2, 0) is 11.3 Å². The number of hydrogen-bond acceptors (Lipinski definition) is 4. The highest BCUT2D eigenvalue weighted by Crippen LogP contribution is 2.06. The molecule has 0 unspecified atom stereocenters. The summed E-state index contributed by atoms with van der Waals surface area (Å²) in [5, 5.41) is 15.7. The number of carbonyl (C=O) groups excluding carboxylic acids is 1. The van der Waals surface area contributed by atoms with Crippen molar-refractivity contribution in [3.8, 4) is 0 Å². The van der Waals surface area contributed by atoms with Gasteiger partial charge in [-0.2, -0.15) is 5.10 Å². The summed E-state index contributed by atoms with van der Waals surface area (Å²) in [5.41, 5.74) is -0.546. The summed E-state index contributed by atoms with van der Waals surface area (Å²) in [6.07, 6.45) is 2.87. The maximum Gasteiger partial charge on any atom is 0.408 e. The second kappa shape index (κ2) is 5.67. The molecule has 0 radical (unpaired) electrons. The van der Waals surface area contributed by atoms with Crippen LogP contribution in [0.4, 0.5) is 4.79 Å². The third-order valence-corrected chi connectivity index (χ3v) is 1.91. The van der Waals surface area contributed by atoms with E-state index in [9.17, 15) is 4.79 Å². The Kier molecular flexibility index (Phi) is 4.51. The van der Waals surface area contributed by atoms with E-state index in [0.29, 0.717) is 6.54 Å². The number of carbonyl (C=O) groups is 1. The number of nitrogens with one attached hydrogen (secondary N) is 1. The number of rotatable bonds is 4. The van der Waals surface area contributed by atoms with Gasteiger partial charge in [0.2, 0.25) is 0 Å². The van der Waals surface area contributed by atoms with Crippen molar-refractivity contribution in [1.29, 1.82) is 0 Å². The Morgan fingerprint density at radius 3 is 2.76 bits per heavy atom. The van der Waals surface area contributed by atoms with Crippen molar-refractivity contribution >= 4 is 6.09 Å². The molecular formula is C11H19N3O3. The maximum absolute atomic E-state index is 11.5. The van der Waals surface area contributed by atoms with E-state index in [4.69, 9.17) is 9.84 Å². The fourth-order valence-corrected chi connectivity index (χ4v) is 1.26. The third-order valence-electron chi connectivity index (χ3n) is 1.91. The van der Waals surface area contributed by atoms with Crippen molar-refractivity contribution in [2.24, 2.45) is 0 Å². The molecule has 6 nitrogen and oxygen atoms in total. The summed E-state index contributed by atoms with van der Waals surface area (Å²) >= 11 is 0. The maximum atomic E-state index is 11.5.